The fourth-order valence-corrected chi connectivity index (χ4v) is 1.93. The first-order valence-electron chi connectivity index (χ1n) is 6.23. The molecule has 104 valence electrons. The summed E-state index contributed by atoms with van der Waals surface area (Å²) in [7, 11) is 1.36. The van der Waals surface area contributed by atoms with Crippen molar-refractivity contribution in [3.63, 3.8) is 0 Å². The van der Waals surface area contributed by atoms with Gasteiger partial charge in [0.15, 0.2) is 6.04 Å². The highest BCUT2D eigenvalue weighted by Crippen LogP contribution is 2.22. The van der Waals surface area contributed by atoms with Crippen molar-refractivity contribution in [1.29, 1.82) is 0 Å². The number of pyridine rings is 1. The lowest BCUT2D eigenvalue weighted by Crippen LogP contribution is -2.23. The van der Waals surface area contributed by atoms with E-state index < -0.39 is 6.04 Å². The molecule has 1 atom stereocenters. The fraction of sp³-hybridized carbons (Fsp3) is 0.200. The van der Waals surface area contributed by atoms with Crippen LogP contribution in [0.15, 0.2) is 42.6 Å². The van der Waals surface area contributed by atoms with Gasteiger partial charge in [0.05, 0.1) is 19.0 Å². The van der Waals surface area contributed by atoms with E-state index >= 15 is 0 Å². The normalized spacial score (nSPS) is 11.7. The molecule has 3 N–H and O–H groups in total. The number of anilines is 2. The van der Waals surface area contributed by atoms with E-state index in [1.165, 1.54) is 7.11 Å². The van der Waals surface area contributed by atoms with Gasteiger partial charge in [0.2, 0.25) is 0 Å². The molecular formula is C15H17N3O2. The highest BCUT2D eigenvalue weighted by Gasteiger charge is 2.22. The summed E-state index contributed by atoms with van der Waals surface area (Å²) in [6.07, 6.45) is 1.55. The number of aromatic nitrogens is 1. The van der Waals surface area contributed by atoms with Crippen molar-refractivity contribution < 1.29 is 9.53 Å². The van der Waals surface area contributed by atoms with E-state index in [0.29, 0.717) is 11.5 Å². The number of methoxy groups -OCH3 is 1. The summed E-state index contributed by atoms with van der Waals surface area (Å²) >= 11 is 0. The predicted molar refractivity (Wildman–Crippen MR) is 78.2 cm³/mol. The third-order valence-corrected chi connectivity index (χ3v) is 2.95. The maximum Gasteiger partial charge on any atom is 0.333 e. The Kier molecular flexibility index (Phi) is 4.20. The summed E-state index contributed by atoms with van der Waals surface area (Å²) in [5.41, 5.74) is 7.95. The maximum absolute atomic E-state index is 12.0. The van der Waals surface area contributed by atoms with Crippen molar-refractivity contribution in [3.8, 4) is 0 Å². The Hall–Kier alpha value is -2.56. The van der Waals surface area contributed by atoms with Crippen LogP contribution in [0.1, 0.15) is 17.2 Å². The number of hydrogen-bond donors (Lipinski definition) is 2. The van der Waals surface area contributed by atoms with E-state index in [9.17, 15) is 4.79 Å². The molecule has 0 amide bonds. The Morgan fingerprint density at radius 2 is 2.05 bits per heavy atom. The molecule has 0 aliphatic heterocycles. The van der Waals surface area contributed by atoms with Crippen LogP contribution in [-0.2, 0) is 9.53 Å². The molecule has 2 rings (SSSR count). The topological polar surface area (TPSA) is 77.2 Å². The van der Waals surface area contributed by atoms with Crippen LogP contribution >= 0.6 is 0 Å². The lowest BCUT2D eigenvalue weighted by atomic mass is 10.1. The van der Waals surface area contributed by atoms with E-state index in [-0.39, 0.29) is 5.97 Å². The molecule has 0 saturated heterocycles. The predicted octanol–water partition coefficient (Wildman–Crippen LogP) is 2.30. The summed E-state index contributed by atoms with van der Waals surface area (Å²) in [5.74, 6) is 0.243. The average molecular weight is 271 g/mol. The van der Waals surface area contributed by atoms with E-state index in [2.05, 4.69) is 10.3 Å². The number of esters is 1. The van der Waals surface area contributed by atoms with Crippen LogP contribution in [0, 0.1) is 6.92 Å². The Morgan fingerprint density at radius 3 is 2.65 bits per heavy atom. The minimum absolute atomic E-state index is 0.366. The first-order valence-corrected chi connectivity index (χ1v) is 6.23. The quantitative estimate of drug-likeness (QED) is 0.834. The number of benzene rings is 1. The second-order valence-corrected chi connectivity index (χ2v) is 4.45. The summed E-state index contributed by atoms with van der Waals surface area (Å²) in [6.45, 7) is 1.88. The number of nitrogens with zero attached hydrogens (tertiary/aromatic N) is 1. The lowest BCUT2D eigenvalue weighted by molar-refractivity contribution is -0.141. The number of carbonyl (C=O) groups excluding carboxylic acids is 1. The molecule has 0 fully saturated rings. The fourth-order valence-electron chi connectivity index (χ4n) is 1.93. The Labute approximate surface area is 117 Å². The average Bonchev–Trinajstić information content (AvgIpc) is 2.46. The summed E-state index contributed by atoms with van der Waals surface area (Å²) in [5, 5.41) is 3.10. The first kappa shape index (κ1) is 13.9. The van der Waals surface area contributed by atoms with Crippen molar-refractivity contribution in [2.24, 2.45) is 0 Å². The Bertz CT molecular complexity index is 599. The molecule has 0 aliphatic carbocycles. The van der Waals surface area contributed by atoms with Crippen LogP contribution in [-0.4, -0.2) is 18.1 Å². The van der Waals surface area contributed by atoms with Crippen molar-refractivity contribution in [3.05, 3.63) is 53.7 Å². The van der Waals surface area contributed by atoms with Gasteiger partial charge in [-0.2, -0.15) is 0 Å². The van der Waals surface area contributed by atoms with E-state index in [1.807, 2.05) is 37.3 Å². The lowest BCUT2D eigenvalue weighted by Gasteiger charge is -2.18. The zero-order valence-corrected chi connectivity index (χ0v) is 11.5. The maximum atomic E-state index is 12.0. The SMILES string of the molecule is COC(=O)C(Nc1ncc(N)cc1C)c1ccccc1. The molecule has 0 radical (unpaired) electrons. The molecule has 20 heavy (non-hydrogen) atoms. The van der Waals surface area contributed by atoms with Crippen LogP contribution in [0.5, 0.6) is 0 Å². The van der Waals surface area contributed by atoms with Crippen molar-refractivity contribution in [1.82, 2.24) is 4.98 Å². The zero-order valence-electron chi connectivity index (χ0n) is 11.5. The molecule has 0 saturated carbocycles. The molecule has 1 heterocycles. The number of nitrogens with one attached hydrogen (secondary N) is 1. The molecular weight excluding hydrogens is 254 g/mol. The van der Waals surface area contributed by atoms with Gasteiger partial charge in [0.1, 0.15) is 5.82 Å². The Balaban J connectivity index is 2.31. The second kappa shape index (κ2) is 6.06. The number of nitrogen functional groups attached to an aromatic ring is 1. The number of nitrogens with two attached hydrogens (primary N) is 1. The summed E-state index contributed by atoms with van der Waals surface area (Å²) < 4.78 is 4.85. The standard InChI is InChI=1S/C15H17N3O2/c1-10-8-12(16)9-17-14(10)18-13(15(19)20-2)11-6-4-3-5-7-11/h3-9,13H,16H2,1-2H3,(H,17,18). The number of hydrogen-bond acceptors (Lipinski definition) is 5. The molecule has 5 nitrogen and oxygen atoms in total. The zero-order chi connectivity index (χ0) is 14.5. The van der Waals surface area contributed by atoms with Crippen LogP contribution in [0.2, 0.25) is 0 Å². The third kappa shape index (κ3) is 3.06. The van der Waals surface area contributed by atoms with Gasteiger partial charge in [-0.3, -0.25) is 0 Å². The molecule has 1 unspecified atom stereocenters. The van der Waals surface area contributed by atoms with Gasteiger partial charge in [-0.25, -0.2) is 9.78 Å². The molecule has 2 aromatic rings. The van der Waals surface area contributed by atoms with Crippen LogP contribution < -0.4 is 11.1 Å². The van der Waals surface area contributed by atoms with Gasteiger partial charge in [-0.15, -0.1) is 0 Å². The van der Waals surface area contributed by atoms with Gasteiger partial charge in [0, 0.05) is 0 Å². The van der Waals surface area contributed by atoms with E-state index in [1.54, 1.807) is 12.3 Å². The second-order valence-electron chi connectivity index (χ2n) is 4.45. The number of ether oxygens (including phenoxy) is 1. The Morgan fingerprint density at radius 1 is 1.35 bits per heavy atom. The summed E-state index contributed by atoms with van der Waals surface area (Å²) in [4.78, 5) is 16.2. The van der Waals surface area contributed by atoms with E-state index in [0.717, 1.165) is 11.1 Å². The monoisotopic (exact) mass is 271 g/mol. The smallest absolute Gasteiger partial charge is 0.333 e. The molecule has 0 bridgehead atoms. The number of carbonyl (C=O) groups is 1. The number of aryl methyl sites for hydroxylation is 1. The molecule has 5 heteroatoms. The van der Waals surface area contributed by atoms with Crippen molar-refractivity contribution in [2.75, 3.05) is 18.2 Å². The summed E-state index contributed by atoms with van der Waals surface area (Å²) in [6, 6.07) is 10.6. The van der Waals surface area contributed by atoms with Crippen LogP contribution in [0.25, 0.3) is 0 Å². The minimum atomic E-state index is -0.601. The van der Waals surface area contributed by atoms with Gasteiger partial charge in [-0.05, 0) is 24.1 Å². The van der Waals surface area contributed by atoms with Crippen molar-refractivity contribution in [2.45, 2.75) is 13.0 Å². The first-order chi connectivity index (χ1) is 9.61. The highest BCUT2D eigenvalue weighted by atomic mass is 16.5. The van der Waals surface area contributed by atoms with Gasteiger partial charge in [0.25, 0.3) is 0 Å². The van der Waals surface area contributed by atoms with Gasteiger partial charge >= 0.3 is 5.97 Å². The number of rotatable bonds is 4. The van der Waals surface area contributed by atoms with E-state index in [4.69, 9.17) is 10.5 Å². The molecule has 1 aromatic carbocycles. The molecule has 0 spiro atoms. The van der Waals surface area contributed by atoms with Crippen LogP contribution in [0.3, 0.4) is 0 Å². The van der Waals surface area contributed by atoms with Gasteiger partial charge < -0.3 is 15.8 Å². The molecule has 1 aromatic heterocycles. The van der Waals surface area contributed by atoms with Crippen LogP contribution in [0.4, 0.5) is 11.5 Å². The highest BCUT2D eigenvalue weighted by molar-refractivity contribution is 5.81. The van der Waals surface area contributed by atoms with Gasteiger partial charge in [-0.1, -0.05) is 30.3 Å². The van der Waals surface area contributed by atoms with Crippen molar-refractivity contribution >= 4 is 17.5 Å². The molecule has 0 aliphatic rings. The third-order valence-electron chi connectivity index (χ3n) is 2.95. The minimum Gasteiger partial charge on any atom is -0.467 e. The largest absolute Gasteiger partial charge is 0.467 e.